The number of ether oxygens (including phenoxy) is 1. The Hall–Kier alpha value is -2.53. The summed E-state index contributed by atoms with van der Waals surface area (Å²) >= 11 is 6.06. The van der Waals surface area contributed by atoms with Gasteiger partial charge >= 0.3 is 5.56 Å². The molecule has 0 aliphatic heterocycles. The van der Waals surface area contributed by atoms with E-state index in [0.717, 1.165) is 11.3 Å². The van der Waals surface area contributed by atoms with Crippen molar-refractivity contribution in [3.8, 4) is 5.75 Å². The van der Waals surface area contributed by atoms with Crippen LogP contribution < -0.4 is 15.2 Å². The molecule has 0 aliphatic rings. The average Bonchev–Trinajstić information content (AvgIpc) is 2.55. The van der Waals surface area contributed by atoms with E-state index in [1.807, 2.05) is 44.3 Å². The standard InChI is InChI=1S/C17H16ClN3O2/c1-11-6-5-9-21-15(11)19-16(14(23-3)17(21)22)20(2)13-8-4-7-12(18)10-13/h4-10H,1-3H3. The van der Waals surface area contributed by atoms with Crippen LogP contribution in [0.3, 0.4) is 0 Å². The fourth-order valence-corrected chi connectivity index (χ4v) is 2.67. The number of pyridine rings is 1. The number of hydrogen-bond donors (Lipinski definition) is 0. The molecule has 0 spiro atoms. The van der Waals surface area contributed by atoms with Crippen molar-refractivity contribution < 1.29 is 4.74 Å². The van der Waals surface area contributed by atoms with Gasteiger partial charge in [0.15, 0.2) is 5.82 Å². The number of aryl methyl sites for hydroxylation is 1. The van der Waals surface area contributed by atoms with E-state index in [-0.39, 0.29) is 11.3 Å². The van der Waals surface area contributed by atoms with Gasteiger partial charge in [0, 0.05) is 24.0 Å². The van der Waals surface area contributed by atoms with Gasteiger partial charge in [-0.3, -0.25) is 9.20 Å². The zero-order chi connectivity index (χ0) is 16.6. The molecule has 118 valence electrons. The molecule has 0 atom stereocenters. The van der Waals surface area contributed by atoms with Gasteiger partial charge in [-0.1, -0.05) is 23.7 Å². The molecule has 23 heavy (non-hydrogen) atoms. The number of rotatable bonds is 3. The Morgan fingerprint density at radius 2 is 2.04 bits per heavy atom. The summed E-state index contributed by atoms with van der Waals surface area (Å²) in [5.74, 6) is 0.643. The molecule has 0 N–H and O–H groups in total. The van der Waals surface area contributed by atoms with Crippen LogP contribution in [0, 0.1) is 6.92 Å². The highest BCUT2D eigenvalue weighted by Crippen LogP contribution is 2.30. The summed E-state index contributed by atoms with van der Waals surface area (Å²) < 4.78 is 6.82. The first-order chi connectivity index (χ1) is 11.0. The van der Waals surface area contributed by atoms with E-state index in [2.05, 4.69) is 4.98 Å². The number of nitrogens with zero attached hydrogens (tertiary/aromatic N) is 3. The molecule has 2 heterocycles. The smallest absolute Gasteiger partial charge is 0.302 e. The minimum atomic E-state index is -0.245. The van der Waals surface area contributed by atoms with E-state index >= 15 is 0 Å². The molecule has 0 saturated heterocycles. The minimum Gasteiger partial charge on any atom is -0.488 e. The van der Waals surface area contributed by atoms with E-state index in [4.69, 9.17) is 16.3 Å². The second-order valence-electron chi connectivity index (χ2n) is 5.20. The number of halogens is 1. The van der Waals surface area contributed by atoms with Gasteiger partial charge in [0.25, 0.3) is 0 Å². The predicted molar refractivity (Wildman–Crippen MR) is 92.3 cm³/mol. The highest BCUT2D eigenvalue weighted by atomic mass is 35.5. The van der Waals surface area contributed by atoms with Crippen LogP contribution in [-0.4, -0.2) is 23.5 Å². The largest absolute Gasteiger partial charge is 0.488 e. The predicted octanol–water partition coefficient (Wildman–Crippen LogP) is 3.43. The lowest BCUT2D eigenvalue weighted by Gasteiger charge is -2.21. The van der Waals surface area contributed by atoms with Crippen molar-refractivity contribution in [3.63, 3.8) is 0 Å². The molecule has 6 heteroatoms. The Kier molecular flexibility index (Phi) is 3.96. The van der Waals surface area contributed by atoms with Crippen molar-refractivity contribution in [1.82, 2.24) is 9.38 Å². The molecule has 0 aliphatic carbocycles. The maximum absolute atomic E-state index is 12.7. The van der Waals surface area contributed by atoms with Crippen LogP contribution in [-0.2, 0) is 0 Å². The Morgan fingerprint density at radius 1 is 1.26 bits per heavy atom. The molecule has 0 saturated carbocycles. The minimum absolute atomic E-state index is 0.190. The summed E-state index contributed by atoms with van der Waals surface area (Å²) in [7, 11) is 3.29. The lowest BCUT2D eigenvalue weighted by molar-refractivity contribution is 0.406. The Morgan fingerprint density at radius 3 is 2.74 bits per heavy atom. The van der Waals surface area contributed by atoms with Crippen LogP contribution in [0.1, 0.15) is 5.56 Å². The summed E-state index contributed by atoms with van der Waals surface area (Å²) in [6.07, 6.45) is 1.68. The highest BCUT2D eigenvalue weighted by molar-refractivity contribution is 6.30. The van der Waals surface area contributed by atoms with Crippen LogP contribution >= 0.6 is 11.6 Å². The van der Waals surface area contributed by atoms with Gasteiger partial charge in [-0.15, -0.1) is 0 Å². The Bertz CT molecular complexity index is 937. The molecule has 3 rings (SSSR count). The first-order valence-corrected chi connectivity index (χ1v) is 7.46. The number of benzene rings is 1. The fourth-order valence-electron chi connectivity index (χ4n) is 2.48. The van der Waals surface area contributed by atoms with Gasteiger partial charge in [0.05, 0.1) is 7.11 Å². The van der Waals surface area contributed by atoms with Crippen molar-refractivity contribution in [2.75, 3.05) is 19.1 Å². The molecule has 5 nitrogen and oxygen atoms in total. The van der Waals surface area contributed by atoms with Crippen molar-refractivity contribution in [1.29, 1.82) is 0 Å². The van der Waals surface area contributed by atoms with Crippen LogP contribution in [0.25, 0.3) is 5.65 Å². The zero-order valence-electron chi connectivity index (χ0n) is 13.1. The first kappa shape index (κ1) is 15.4. The van der Waals surface area contributed by atoms with Gasteiger partial charge in [-0.05, 0) is 36.8 Å². The summed E-state index contributed by atoms with van der Waals surface area (Å²) in [6.45, 7) is 1.91. The Labute approximate surface area is 138 Å². The van der Waals surface area contributed by atoms with E-state index in [9.17, 15) is 4.79 Å². The van der Waals surface area contributed by atoms with Crippen LogP contribution in [0.15, 0.2) is 47.4 Å². The monoisotopic (exact) mass is 329 g/mol. The maximum atomic E-state index is 12.7. The van der Waals surface area contributed by atoms with Crippen molar-refractivity contribution in [2.45, 2.75) is 6.92 Å². The summed E-state index contributed by atoms with van der Waals surface area (Å²) in [6, 6.07) is 11.1. The van der Waals surface area contributed by atoms with Gasteiger partial charge in [-0.2, -0.15) is 0 Å². The van der Waals surface area contributed by atoms with Crippen LogP contribution in [0.4, 0.5) is 11.5 Å². The quantitative estimate of drug-likeness (QED) is 0.738. The molecular weight excluding hydrogens is 314 g/mol. The molecule has 3 aromatic rings. The summed E-state index contributed by atoms with van der Waals surface area (Å²) in [4.78, 5) is 19.1. The van der Waals surface area contributed by atoms with Crippen molar-refractivity contribution in [3.05, 3.63) is 63.5 Å². The van der Waals surface area contributed by atoms with Gasteiger partial charge in [-0.25, -0.2) is 4.98 Å². The SMILES string of the molecule is COc1c(N(C)c2cccc(Cl)c2)nc2c(C)cccn2c1=O. The number of aromatic nitrogens is 2. The van der Waals surface area contributed by atoms with Gasteiger partial charge in [0.2, 0.25) is 5.75 Å². The van der Waals surface area contributed by atoms with Gasteiger partial charge in [0.1, 0.15) is 5.65 Å². The third-order valence-corrected chi connectivity index (χ3v) is 3.94. The third kappa shape index (κ3) is 2.64. The maximum Gasteiger partial charge on any atom is 0.302 e. The molecule has 0 bridgehead atoms. The zero-order valence-corrected chi connectivity index (χ0v) is 13.8. The molecule has 0 radical (unpaired) electrons. The number of anilines is 2. The molecule has 0 amide bonds. The molecule has 2 aromatic heterocycles. The van der Waals surface area contributed by atoms with Crippen LogP contribution in [0.2, 0.25) is 5.02 Å². The van der Waals surface area contributed by atoms with Gasteiger partial charge < -0.3 is 9.64 Å². The summed E-state index contributed by atoms with van der Waals surface area (Å²) in [5.41, 5.74) is 2.08. The molecule has 1 aromatic carbocycles. The molecule has 0 unspecified atom stereocenters. The summed E-state index contributed by atoms with van der Waals surface area (Å²) in [5, 5.41) is 0.613. The van der Waals surface area contributed by atoms with Crippen molar-refractivity contribution in [2.24, 2.45) is 0 Å². The topological polar surface area (TPSA) is 46.8 Å². The Balaban J connectivity index is 2.28. The first-order valence-electron chi connectivity index (χ1n) is 7.08. The van der Waals surface area contributed by atoms with E-state index in [0.29, 0.717) is 16.5 Å². The van der Waals surface area contributed by atoms with E-state index < -0.39 is 0 Å². The van der Waals surface area contributed by atoms with E-state index in [1.165, 1.54) is 11.5 Å². The number of hydrogen-bond acceptors (Lipinski definition) is 4. The normalized spacial score (nSPS) is 10.8. The molecule has 0 fully saturated rings. The molecular formula is C17H16ClN3O2. The lowest BCUT2D eigenvalue weighted by atomic mass is 10.2. The second-order valence-corrected chi connectivity index (χ2v) is 5.63. The highest BCUT2D eigenvalue weighted by Gasteiger charge is 2.18. The third-order valence-electron chi connectivity index (χ3n) is 3.71. The number of fused-ring (bicyclic) bond motifs is 1. The average molecular weight is 330 g/mol. The lowest BCUT2D eigenvalue weighted by Crippen LogP contribution is -2.23. The van der Waals surface area contributed by atoms with E-state index in [1.54, 1.807) is 17.2 Å². The number of methoxy groups -OCH3 is 1. The second kappa shape index (κ2) is 5.93. The van der Waals surface area contributed by atoms with Crippen molar-refractivity contribution >= 4 is 28.8 Å². The fraction of sp³-hybridized carbons (Fsp3) is 0.176. The van der Waals surface area contributed by atoms with Crippen LogP contribution in [0.5, 0.6) is 5.75 Å².